The van der Waals surface area contributed by atoms with Crippen molar-refractivity contribution in [1.82, 2.24) is 0 Å². The molecule has 2 aromatic rings. The van der Waals surface area contributed by atoms with Gasteiger partial charge >= 0.3 is 0 Å². The van der Waals surface area contributed by atoms with Crippen molar-refractivity contribution in [3.63, 3.8) is 0 Å². The van der Waals surface area contributed by atoms with Crippen LogP contribution in [-0.4, -0.2) is 16.8 Å². The highest BCUT2D eigenvalue weighted by atomic mass is 32.2. The van der Waals surface area contributed by atoms with Gasteiger partial charge in [-0.15, -0.1) is 0 Å². The summed E-state index contributed by atoms with van der Waals surface area (Å²) in [5.74, 6) is 0.773. The van der Waals surface area contributed by atoms with Crippen molar-refractivity contribution in [3.05, 3.63) is 64.6 Å². The minimum Gasteiger partial charge on any atom is -0.494 e. The van der Waals surface area contributed by atoms with E-state index >= 15 is 0 Å². The lowest BCUT2D eigenvalue weighted by Crippen LogP contribution is -2.27. The summed E-state index contributed by atoms with van der Waals surface area (Å²) in [6, 6.07) is 15.6. The van der Waals surface area contributed by atoms with Crippen LogP contribution in [0.15, 0.2) is 53.4 Å². The van der Waals surface area contributed by atoms with E-state index in [1.807, 2.05) is 61.5 Å². The Kier molecular flexibility index (Phi) is 6.12. The van der Waals surface area contributed by atoms with Crippen LogP contribution in [0.3, 0.4) is 0 Å². The van der Waals surface area contributed by atoms with Crippen LogP contribution in [-0.2, 0) is 4.79 Å². The molecule has 5 heteroatoms. The van der Waals surface area contributed by atoms with Crippen LogP contribution in [0.1, 0.15) is 30.9 Å². The van der Waals surface area contributed by atoms with Crippen molar-refractivity contribution in [2.75, 3.05) is 11.5 Å². The highest BCUT2D eigenvalue weighted by Gasteiger charge is 2.33. The molecule has 1 saturated heterocycles. The SMILES string of the molecule is CCCCOc1ccc(/C=C2/SC(=S)N(c3ccc(C)cc3)C2=O)cc1. The molecule has 1 heterocycles. The van der Waals surface area contributed by atoms with E-state index in [0.29, 0.717) is 9.23 Å². The number of thiocarbonyl (C=S) groups is 1. The van der Waals surface area contributed by atoms with E-state index in [9.17, 15) is 4.79 Å². The Hall–Kier alpha value is -2.11. The number of carbonyl (C=O) groups is 1. The fraction of sp³-hybridized carbons (Fsp3) is 0.238. The monoisotopic (exact) mass is 383 g/mol. The van der Waals surface area contributed by atoms with Gasteiger partial charge in [0.05, 0.1) is 17.2 Å². The number of thioether (sulfide) groups is 1. The molecule has 1 amide bonds. The Bertz CT molecular complexity index is 826. The van der Waals surface area contributed by atoms with E-state index in [1.165, 1.54) is 11.8 Å². The number of ether oxygens (including phenoxy) is 1. The van der Waals surface area contributed by atoms with Crippen molar-refractivity contribution in [3.8, 4) is 5.75 Å². The summed E-state index contributed by atoms with van der Waals surface area (Å²) in [6.07, 6.45) is 4.04. The van der Waals surface area contributed by atoms with Crippen molar-refractivity contribution in [2.24, 2.45) is 0 Å². The molecule has 1 fully saturated rings. The Morgan fingerprint density at radius 3 is 2.46 bits per heavy atom. The van der Waals surface area contributed by atoms with Gasteiger partial charge in [-0.25, -0.2) is 0 Å². The van der Waals surface area contributed by atoms with Crippen LogP contribution in [0.4, 0.5) is 5.69 Å². The number of hydrogen-bond donors (Lipinski definition) is 0. The van der Waals surface area contributed by atoms with Gasteiger partial charge in [-0.1, -0.05) is 67.2 Å². The van der Waals surface area contributed by atoms with E-state index in [-0.39, 0.29) is 5.91 Å². The molecule has 1 aliphatic heterocycles. The number of rotatable bonds is 6. The molecule has 3 rings (SSSR count). The van der Waals surface area contributed by atoms with Crippen LogP contribution in [0.25, 0.3) is 6.08 Å². The number of aryl methyl sites for hydroxylation is 1. The lowest BCUT2D eigenvalue weighted by molar-refractivity contribution is -0.113. The van der Waals surface area contributed by atoms with Gasteiger partial charge in [-0.05, 0) is 49.2 Å². The van der Waals surface area contributed by atoms with E-state index < -0.39 is 0 Å². The average Bonchev–Trinajstić information content (AvgIpc) is 2.91. The lowest BCUT2D eigenvalue weighted by atomic mass is 10.2. The maximum atomic E-state index is 12.8. The number of carbonyl (C=O) groups excluding carboxylic acids is 1. The highest BCUT2D eigenvalue weighted by molar-refractivity contribution is 8.27. The maximum absolute atomic E-state index is 12.8. The van der Waals surface area contributed by atoms with Gasteiger partial charge in [0.25, 0.3) is 5.91 Å². The zero-order chi connectivity index (χ0) is 18.5. The molecular weight excluding hydrogens is 362 g/mol. The van der Waals surface area contributed by atoms with Crippen molar-refractivity contribution in [1.29, 1.82) is 0 Å². The second kappa shape index (κ2) is 8.52. The number of unbranched alkanes of at least 4 members (excludes halogenated alkanes) is 1. The summed E-state index contributed by atoms with van der Waals surface area (Å²) in [5.41, 5.74) is 2.91. The van der Waals surface area contributed by atoms with E-state index in [4.69, 9.17) is 17.0 Å². The van der Waals surface area contributed by atoms with E-state index in [2.05, 4.69) is 6.92 Å². The third-order valence-electron chi connectivity index (χ3n) is 4.03. The number of amides is 1. The molecule has 0 radical (unpaired) electrons. The Labute approximate surface area is 164 Å². The Balaban J connectivity index is 1.74. The number of nitrogens with zero attached hydrogens (tertiary/aromatic N) is 1. The predicted molar refractivity (Wildman–Crippen MR) is 114 cm³/mol. The molecule has 2 aromatic carbocycles. The minimum absolute atomic E-state index is 0.0767. The molecule has 0 aliphatic carbocycles. The van der Waals surface area contributed by atoms with Crippen LogP contribution < -0.4 is 9.64 Å². The predicted octanol–water partition coefficient (Wildman–Crippen LogP) is 5.58. The molecule has 26 heavy (non-hydrogen) atoms. The van der Waals surface area contributed by atoms with E-state index in [0.717, 1.165) is 42.0 Å². The summed E-state index contributed by atoms with van der Waals surface area (Å²) in [4.78, 5) is 15.0. The highest BCUT2D eigenvalue weighted by Crippen LogP contribution is 2.36. The quantitative estimate of drug-likeness (QED) is 0.370. The number of hydrogen-bond acceptors (Lipinski definition) is 4. The first-order valence-electron chi connectivity index (χ1n) is 8.66. The average molecular weight is 384 g/mol. The third kappa shape index (κ3) is 4.34. The first-order chi connectivity index (χ1) is 12.6. The zero-order valence-corrected chi connectivity index (χ0v) is 16.5. The zero-order valence-electron chi connectivity index (χ0n) is 14.9. The first-order valence-corrected chi connectivity index (χ1v) is 9.88. The molecule has 0 bridgehead atoms. The molecule has 1 aliphatic rings. The van der Waals surface area contributed by atoms with Gasteiger partial charge in [-0.3, -0.25) is 9.69 Å². The van der Waals surface area contributed by atoms with Gasteiger partial charge in [0.15, 0.2) is 4.32 Å². The third-order valence-corrected chi connectivity index (χ3v) is 5.33. The summed E-state index contributed by atoms with van der Waals surface area (Å²) in [6.45, 7) is 4.88. The first kappa shape index (κ1) is 18.7. The second-order valence-electron chi connectivity index (χ2n) is 6.12. The normalized spacial score (nSPS) is 15.8. The standard InChI is InChI=1S/C21H21NO2S2/c1-3-4-13-24-18-11-7-16(8-12-18)14-19-20(23)22(21(25)26-19)17-9-5-15(2)6-10-17/h5-12,14H,3-4,13H2,1-2H3/b19-14+. The molecule has 0 saturated carbocycles. The van der Waals surface area contributed by atoms with Gasteiger partial charge < -0.3 is 4.74 Å². The summed E-state index contributed by atoms with van der Waals surface area (Å²) in [7, 11) is 0. The van der Waals surface area contributed by atoms with Gasteiger partial charge in [0.1, 0.15) is 5.75 Å². The Morgan fingerprint density at radius 2 is 1.81 bits per heavy atom. The van der Waals surface area contributed by atoms with Crippen LogP contribution in [0.5, 0.6) is 5.75 Å². The maximum Gasteiger partial charge on any atom is 0.270 e. The molecule has 0 aromatic heterocycles. The van der Waals surface area contributed by atoms with Crippen molar-refractivity contribution in [2.45, 2.75) is 26.7 Å². The topological polar surface area (TPSA) is 29.5 Å². The largest absolute Gasteiger partial charge is 0.494 e. The van der Waals surface area contributed by atoms with Gasteiger partial charge in [-0.2, -0.15) is 0 Å². The van der Waals surface area contributed by atoms with Crippen molar-refractivity contribution >= 4 is 46.0 Å². The van der Waals surface area contributed by atoms with E-state index in [1.54, 1.807) is 4.90 Å². The van der Waals surface area contributed by atoms with Crippen molar-refractivity contribution < 1.29 is 9.53 Å². The molecule has 0 atom stereocenters. The molecule has 134 valence electrons. The van der Waals surface area contributed by atoms with Crippen LogP contribution in [0, 0.1) is 6.92 Å². The fourth-order valence-electron chi connectivity index (χ4n) is 2.53. The fourth-order valence-corrected chi connectivity index (χ4v) is 3.83. The Morgan fingerprint density at radius 1 is 1.12 bits per heavy atom. The van der Waals surface area contributed by atoms with Gasteiger partial charge in [0, 0.05) is 0 Å². The molecular formula is C21H21NO2S2. The molecule has 3 nitrogen and oxygen atoms in total. The minimum atomic E-state index is -0.0767. The smallest absolute Gasteiger partial charge is 0.270 e. The van der Waals surface area contributed by atoms with Crippen LogP contribution >= 0.6 is 24.0 Å². The number of anilines is 1. The summed E-state index contributed by atoms with van der Waals surface area (Å²) >= 11 is 6.75. The molecule has 0 spiro atoms. The molecule has 0 unspecified atom stereocenters. The second-order valence-corrected chi connectivity index (χ2v) is 7.80. The van der Waals surface area contributed by atoms with Crippen LogP contribution in [0.2, 0.25) is 0 Å². The summed E-state index contributed by atoms with van der Waals surface area (Å²) in [5, 5.41) is 0. The molecule has 0 N–H and O–H groups in total. The lowest BCUT2D eigenvalue weighted by Gasteiger charge is -2.14. The summed E-state index contributed by atoms with van der Waals surface area (Å²) < 4.78 is 6.23. The number of benzene rings is 2. The van der Waals surface area contributed by atoms with Gasteiger partial charge in [0.2, 0.25) is 0 Å².